The molecule has 0 aliphatic rings. The molecular weight excluding hydrogens is 344 g/mol. The minimum absolute atomic E-state index is 0.166. The molecule has 7 nitrogen and oxygen atoms in total. The van der Waals surface area contributed by atoms with Crippen molar-refractivity contribution >= 4 is 27.8 Å². The van der Waals surface area contributed by atoms with Crippen molar-refractivity contribution in [2.45, 2.75) is 6.42 Å². The molecule has 3 N–H and O–H groups in total. The van der Waals surface area contributed by atoms with Crippen molar-refractivity contribution in [3.63, 3.8) is 0 Å². The number of methoxy groups -OCH3 is 2. The highest BCUT2D eigenvalue weighted by atomic mass is 16.5. The van der Waals surface area contributed by atoms with Crippen LogP contribution in [0, 0.1) is 0 Å². The molecule has 2 aromatic carbocycles. The third kappa shape index (κ3) is 3.31. The number of H-pyrrole nitrogens is 2. The summed E-state index contributed by atoms with van der Waals surface area (Å²) in [5, 5.41) is 3.80. The topological polar surface area (TPSA) is 92.0 Å². The van der Waals surface area contributed by atoms with Gasteiger partial charge in [-0.25, -0.2) is 4.98 Å². The van der Waals surface area contributed by atoms with Crippen molar-refractivity contribution in [2.75, 3.05) is 20.8 Å². The smallest absolute Gasteiger partial charge is 0.267 e. The molecule has 1 amide bonds. The first kappa shape index (κ1) is 17.0. The van der Waals surface area contributed by atoms with Gasteiger partial charge in [0.15, 0.2) is 11.5 Å². The predicted octanol–water partition coefficient (Wildman–Crippen LogP) is 3.03. The number of para-hydroxylation sites is 2. The van der Waals surface area contributed by atoms with Crippen LogP contribution in [-0.2, 0) is 6.42 Å². The summed E-state index contributed by atoms with van der Waals surface area (Å²) in [6.07, 6.45) is 0.627. The van der Waals surface area contributed by atoms with Gasteiger partial charge in [0.25, 0.3) is 5.91 Å². The van der Waals surface area contributed by atoms with E-state index < -0.39 is 0 Å². The first-order chi connectivity index (χ1) is 13.2. The quantitative estimate of drug-likeness (QED) is 0.490. The number of nitrogens with zero attached hydrogens (tertiary/aromatic N) is 1. The summed E-state index contributed by atoms with van der Waals surface area (Å²) in [6, 6.07) is 13.3. The standard InChI is InChI=1S/C20H20N4O3/c1-26-17-10-12-9-16(22-15(12)11-18(17)27-2)20(25)21-8-7-19-23-13-5-3-4-6-14(13)24-19/h3-6,9-11,22H,7-8H2,1-2H3,(H,21,25)(H,23,24). The Bertz CT molecular complexity index is 1040. The zero-order valence-corrected chi connectivity index (χ0v) is 15.1. The summed E-state index contributed by atoms with van der Waals surface area (Å²) in [6.45, 7) is 0.487. The Morgan fingerprint density at radius 3 is 2.59 bits per heavy atom. The lowest BCUT2D eigenvalue weighted by Crippen LogP contribution is -2.26. The van der Waals surface area contributed by atoms with Crippen molar-refractivity contribution in [3.8, 4) is 11.5 Å². The lowest BCUT2D eigenvalue weighted by Gasteiger charge is -2.06. The van der Waals surface area contributed by atoms with Crippen LogP contribution in [0.25, 0.3) is 21.9 Å². The molecule has 138 valence electrons. The van der Waals surface area contributed by atoms with Gasteiger partial charge in [-0.3, -0.25) is 4.79 Å². The lowest BCUT2D eigenvalue weighted by atomic mass is 10.2. The average Bonchev–Trinajstić information content (AvgIpc) is 3.29. The van der Waals surface area contributed by atoms with Crippen LogP contribution in [0.3, 0.4) is 0 Å². The summed E-state index contributed by atoms with van der Waals surface area (Å²) in [4.78, 5) is 23.3. The van der Waals surface area contributed by atoms with E-state index in [0.717, 1.165) is 27.8 Å². The van der Waals surface area contributed by atoms with Gasteiger partial charge in [-0.15, -0.1) is 0 Å². The number of nitrogens with one attached hydrogen (secondary N) is 3. The van der Waals surface area contributed by atoms with Crippen LogP contribution < -0.4 is 14.8 Å². The lowest BCUT2D eigenvalue weighted by molar-refractivity contribution is 0.0950. The molecule has 0 aliphatic heterocycles. The highest BCUT2D eigenvalue weighted by Gasteiger charge is 2.13. The highest BCUT2D eigenvalue weighted by molar-refractivity contribution is 5.98. The Morgan fingerprint density at radius 2 is 1.81 bits per heavy atom. The number of benzene rings is 2. The summed E-state index contributed by atoms with van der Waals surface area (Å²) in [5.41, 5.74) is 3.23. The van der Waals surface area contributed by atoms with E-state index in [1.54, 1.807) is 20.3 Å². The Hall–Kier alpha value is -3.48. The molecule has 2 heterocycles. The number of amides is 1. The normalized spacial score (nSPS) is 11.0. The number of fused-ring (bicyclic) bond motifs is 2. The Morgan fingerprint density at radius 1 is 1.04 bits per heavy atom. The number of rotatable bonds is 6. The second-order valence-electron chi connectivity index (χ2n) is 6.18. The fraction of sp³-hybridized carbons (Fsp3) is 0.200. The summed E-state index contributed by atoms with van der Waals surface area (Å²) in [5.74, 6) is 1.92. The van der Waals surface area contributed by atoms with Gasteiger partial charge in [0, 0.05) is 29.9 Å². The van der Waals surface area contributed by atoms with Gasteiger partial charge >= 0.3 is 0 Å². The second kappa shape index (κ2) is 7.03. The molecule has 0 saturated heterocycles. The third-order valence-electron chi connectivity index (χ3n) is 4.46. The number of imidazole rings is 1. The SMILES string of the molecule is COc1cc2cc(C(=O)NCCc3nc4ccccc4[nH]3)[nH]c2cc1OC. The van der Waals surface area contributed by atoms with E-state index in [2.05, 4.69) is 20.3 Å². The fourth-order valence-electron chi connectivity index (χ4n) is 3.10. The average molecular weight is 364 g/mol. The van der Waals surface area contributed by atoms with Crippen molar-refractivity contribution in [2.24, 2.45) is 0 Å². The molecule has 0 unspecified atom stereocenters. The van der Waals surface area contributed by atoms with Crippen LogP contribution in [-0.4, -0.2) is 41.6 Å². The van der Waals surface area contributed by atoms with Gasteiger partial charge in [-0.1, -0.05) is 12.1 Å². The van der Waals surface area contributed by atoms with E-state index in [-0.39, 0.29) is 5.91 Å². The van der Waals surface area contributed by atoms with Crippen molar-refractivity contribution in [1.29, 1.82) is 0 Å². The van der Waals surface area contributed by atoms with Gasteiger partial charge in [-0.2, -0.15) is 0 Å². The number of hydrogen-bond acceptors (Lipinski definition) is 4. The van der Waals surface area contributed by atoms with E-state index in [4.69, 9.17) is 9.47 Å². The summed E-state index contributed by atoms with van der Waals surface area (Å²) < 4.78 is 10.6. The first-order valence-electron chi connectivity index (χ1n) is 8.64. The predicted molar refractivity (Wildman–Crippen MR) is 104 cm³/mol. The number of hydrogen-bond donors (Lipinski definition) is 3. The minimum Gasteiger partial charge on any atom is -0.493 e. The van der Waals surface area contributed by atoms with E-state index in [0.29, 0.717) is 30.2 Å². The van der Waals surface area contributed by atoms with E-state index in [1.807, 2.05) is 36.4 Å². The maximum atomic E-state index is 12.5. The van der Waals surface area contributed by atoms with E-state index >= 15 is 0 Å². The number of aromatic amines is 2. The monoisotopic (exact) mass is 364 g/mol. The number of aromatic nitrogens is 3. The van der Waals surface area contributed by atoms with Crippen LogP contribution in [0.4, 0.5) is 0 Å². The Kier molecular flexibility index (Phi) is 4.42. The van der Waals surface area contributed by atoms with E-state index in [9.17, 15) is 4.79 Å². The third-order valence-corrected chi connectivity index (χ3v) is 4.46. The van der Waals surface area contributed by atoms with Gasteiger partial charge in [-0.05, 0) is 24.3 Å². The van der Waals surface area contributed by atoms with Gasteiger partial charge in [0.1, 0.15) is 11.5 Å². The maximum absolute atomic E-state index is 12.5. The molecule has 0 aliphatic carbocycles. The van der Waals surface area contributed by atoms with Crippen molar-refractivity contribution in [3.05, 3.63) is 54.0 Å². The molecule has 0 fully saturated rings. The van der Waals surface area contributed by atoms with Crippen LogP contribution in [0.2, 0.25) is 0 Å². The molecule has 0 spiro atoms. The van der Waals surface area contributed by atoms with Gasteiger partial charge in [0.2, 0.25) is 0 Å². The zero-order chi connectivity index (χ0) is 18.8. The molecule has 27 heavy (non-hydrogen) atoms. The van der Waals surface area contributed by atoms with Crippen LogP contribution in [0.5, 0.6) is 11.5 Å². The van der Waals surface area contributed by atoms with Crippen LogP contribution in [0.1, 0.15) is 16.3 Å². The number of carbonyl (C=O) groups is 1. The van der Waals surface area contributed by atoms with Gasteiger partial charge in [0.05, 0.1) is 25.3 Å². The minimum atomic E-state index is -0.166. The largest absolute Gasteiger partial charge is 0.493 e. The first-order valence-corrected chi connectivity index (χ1v) is 8.64. The Labute approximate surface area is 155 Å². The molecule has 0 saturated carbocycles. The highest BCUT2D eigenvalue weighted by Crippen LogP contribution is 2.32. The molecule has 4 aromatic rings. The molecule has 4 rings (SSSR count). The Balaban J connectivity index is 1.44. The molecule has 0 atom stereocenters. The van der Waals surface area contributed by atoms with Crippen LogP contribution >= 0.6 is 0 Å². The molecule has 2 aromatic heterocycles. The van der Waals surface area contributed by atoms with Crippen molar-refractivity contribution < 1.29 is 14.3 Å². The van der Waals surface area contributed by atoms with Crippen molar-refractivity contribution in [1.82, 2.24) is 20.3 Å². The number of ether oxygens (including phenoxy) is 2. The molecular formula is C20H20N4O3. The van der Waals surface area contributed by atoms with Crippen LogP contribution in [0.15, 0.2) is 42.5 Å². The summed E-state index contributed by atoms with van der Waals surface area (Å²) >= 11 is 0. The number of carbonyl (C=O) groups excluding carboxylic acids is 1. The zero-order valence-electron chi connectivity index (χ0n) is 15.1. The fourth-order valence-corrected chi connectivity index (χ4v) is 3.10. The maximum Gasteiger partial charge on any atom is 0.267 e. The molecule has 7 heteroatoms. The van der Waals surface area contributed by atoms with E-state index in [1.165, 1.54) is 0 Å². The van der Waals surface area contributed by atoms with Gasteiger partial charge < -0.3 is 24.8 Å². The second-order valence-corrected chi connectivity index (χ2v) is 6.18. The molecule has 0 radical (unpaired) electrons. The molecule has 0 bridgehead atoms. The summed E-state index contributed by atoms with van der Waals surface area (Å²) in [7, 11) is 3.17.